The van der Waals surface area contributed by atoms with E-state index in [1.54, 1.807) is 11.1 Å². The Hall–Kier alpha value is -6.24. The lowest BCUT2D eigenvalue weighted by molar-refractivity contribution is 0.628. The predicted molar refractivity (Wildman–Crippen MR) is 270 cm³/mol. The van der Waals surface area contributed by atoms with E-state index in [-0.39, 0.29) is 10.8 Å². The smallest absolute Gasteiger partial charge is 0.0159 e. The third kappa shape index (κ3) is 9.17. The van der Waals surface area contributed by atoms with Crippen molar-refractivity contribution in [2.45, 2.75) is 92.9 Å². The Morgan fingerprint density at radius 2 is 0.790 bits per heavy atom. The Balaban J connectivity index is 0.000000165. The second-order valence-electron chi connectivity index (χ2n) is 18.5. The van der Waals surface area contributed by atoms with Crippen LogP contribution in [0.5, 0.6) is 0 Å². The summed E-state index contributed by atoms with van der Waals surface area (Å²) in [5, 5.41) is 2.92. The van der Waals surface area contributed by atoms with Gasteiger partial charge in [0.25, 0.3) is 0 Å². The van der Waals surface area contributed by atoms with Crippen molar-refractivity contribution in [3.05, 3.63) is 243 Å². The molecule has 0 nitrogen and oxygen atoms in total. The molecule has 62 heavy (non-hydrogen) atoms. The number of aryl methyl sites for hydroxylation is 6. The number of allylic oxidation sites excluding steroid dienone is 2. The first-order chi connectivity index (χ1) is 29.8. The molecule has 0 aromatic heterocycles. The number of benzene rings is 8. The van der Waals surface area contributed by atoms with Crippen molar-refractivity contribution < 1.29 is 0 Å². The van der Waals surface area contributed by atoms with E-state index in [1.807, 2.05) is 72.8 Å². The van der Waals surface area contributed by atoms with Crippen LogP contribution < -0.4 is 0 Å². The summed E-state index contributed by atoms with van der Waals surface area (Å²) in [6.07, 6.45) is 4.79. The zero-order valence-electron chi connectivity index (χ0n) is 38.7. The second-order valence-corrected chi connectivity index (χ2v) is 18.5. The minimum Gasteiger partial charge on any atom is -0.0795 e. The van der Waals surface area contributed by atoms with Gasteiger partial charge in [0.1, 0.15) is 0 Å². The summed E-state index contributed by atoms with van der Waals surface area (Å²) in [6.45, 7) is 22.6. The van der Waals surface area contributed by atoms with E-state index >= 15 is 0 Å². The molecule has 0 saturated carbocycles. The van der Waals surface area contributed by atoms with Crippen LogP contribution in [-0.2, 0) is 17.3 Å². The fourth-order valence-electron chi connectivity index (χ4n) is 9.46. The van der Waals surface area contributed by atoms with Gasteiger partial charge < -0.3 is 0 Å². The molecule has 0 spiro atoms. The molecule has 0 heteroatoms. The zero-order valence-corrected chi connectivity index (χ0v) is 38.7. The van der Waals surface area contributed by atoms with E-state index < -0.39 is 0 Å². The molecule has 0 fully saturated rings. The highest BCUT2D eigenvalue weighted by Gasteiger charge is 2.46. The van der Waals surface area contributed by atoms with Crippen LogP contribution >= 0.6 is 0 Å². The SMILES string of the molecule is Cc1ccc(-c2c3c4c5c6c(cccc26)C(C)(C)c2cc(C)cc(c2-5)C(C)(C)C4=CCC3)cc1.Cc1ccccc1.Cc1ccccc1.Cc1ccccc1.Cc1ccccc1. The Bertz CT molecular complexity index is 2630. The molecule has 0 N–H and O–H groups in total. The van der Waals surface area contributed by atoms with E-state index in [9.17, 15) is 0 Å². The summed E-state index contributed by atoms with van der Waals surface area (Å²) in [5.74, 6) is 0. The first kappa shape index (κ1) is 43.8. The third-order valence-corrected chi connectivity index (χ3v) is 12.8. The molecule has 0 atom stereocenters. The van der Waals surface area contributed by atoms with E-state index in [2.05, 4.69) is 178 Å². The molecule has 0 saturated heterocycles. The van der Waals surface area contributed by atoms with Gasteiger partial charge in [-0.2, -0.15) is 0 Å². The topological polar surface area (TPSA) is 0 Å². The van der Waals surface area contributed by atoms with Gasteiger partial charge in [0, 0.05) is 10.8 Å². The zero-order chi connectivity index (χ0) is 44.0. The Labute approximate surface area is 373 Å². The Morgan fingerprint density at radius 3 is 1.23 bits per heavy atom. The van der Waals surface area contributed by atoms with Crippen LogP contribution in [0.25, 0.3) is 38.6 Å². The molecule has 0 radical (unpaired) electrons. The maximum absolute atomic E-state index is 2.55. The molecule has 3 aliphatic rings. The Morgan fingerprint density at radius 1 is 0.355 bits per heavy atom. The van der Waals surface area contributed by atoms with Crippen molar-refractivity contribution in [1.29, 1.82) is 0 Å². The fourth-order valence-corrected chi connectivity index (χ4v) is 9.46. The highest BCUT2D eigenvalue weighted by molar-refractivity contribution is 6.17. The third-order valence-electron chi connectivity index (χ3n) is 12.8. The summed E-state index contributed by atoms with van der Waals surface area (Å²) in [6, 6.07) is 62.3. The molecular weight excluding hydrogens is 745 g/mol. The lowest BCUT2D eigenvalue weighted by atomic mass is 9.56. The summed E-state index contributed by atoms with van der Waals surface area (Å²) in [7, 11) is 0. The lowest BCUT2D eigenvalue weighted by Crippen LogP contribution is -2.33. The van der Waals surface area contributed by atoms with Crippen LogP contribution in [0.15, 0.2) is 182 Å². The molecule has 0 heterocycles. The van der Waals surface area contributed by atoms with Gasteiger partial charge in [-0.15, -0.1) is 0 Å². The molecule has 8 aromatic carbocycles. The van der Waals surface area contributed by atoms with Crippen LogP contribution in [0.4, 0.5) is 0 Å². The van der Waals surface area contributed by atoms with Gasteiger partial charge in [0.2, 0.25) is 0 Å². The first-order valence-corrected chi connectivity index (χ1v) is 22.4. The van der Waals surface area contributed by atoms with Gasteiger partial charge in [-0.05, 0) is 121 Å². The molecule has 8 aromatic rings. The van der Waals surface area contributed by atoms with E-state index in [0.717, 1.165) is 12.8 Å². The first-order valence-electron chi connectivity index (χ1n) is 22.4. The summed E-state index contributed by atoms with van der Waals surface area (Å²) >= 11 is 0. The van der Waals surface area contributed by atoms with Gasteiger partial charge in [0.15, 0.2) is 0 Å². The van der Waals surface area contributed by atoms with Crippen LogP contribution in [0.1, 0.15) is 95.3 Å². The van der Waals surface area contributed by atoms with Crippen LogP contribution in [0, 0.1) is 41.5 Å². The number of rotatable bonds is 1. The quantitative estimate of drug-likeness (QED) is 0.155. The van der Waals surface area contributed by atoms with Crippen molar-refractivity contribution in [2.75, 3.05) is 0 Å². The fraction of sp³-hybridized carbons (Fsp3) is 0.226. The molecule has 0 unspecified atom stereocenters. The number of hydrogen-bond donors (Lipinski definition) is 0. The normalized spacial score (nSPS) is 13.9. The summed E-state index contributed by atoms with van der Waals surface area (Å²) in [4.78, 5) is 0. The second kappa shape index (κ2) is 18.8. The molecule has 0 aliphatic heterocycles. The molecule has 3 aliphatic carbocycles. The average Bonchev–Trinajstić information content (AvgIpc) is 3.27. The minimum absolute atomic E-state index is 0.00113. The molecule has 0 amide bonds. The van der Waals surface area contributed by atoms with E-state index in [4.69, 9.17) is 0 Å². The number of hydrogen-bond acceptors (Lipinski definition) is 0. The lowest BCUT2D eigenvalue weighted by Gasteiger charge is -2.47. The van der Waals surface area contributed by atoms with E-state index in [0.29, 0.717) is 0 Å². The van der Waals surface area contributed by atoms with Crippen molar-refractivity contribution in [3.8, 4) is 22.3 Å². The summed E-state index contributed by atoms with van der Waals surface area (Å²) in [5.41, 5.74) is 23.0. The predicted octanol–water partition coefficient (Wildman–Crippen LogP) is 17.0. The largest absolute Gasteiger partial charge is 0.0795 e. The Kier molecular flexibility index (Phi) is 13.3. The van der Waals surface area contributed by atoms with Crippen molar-refractivity contribution in [1.82, 2.24) is 0 Å². The van der Waals surface area contributed by atoms with Crippen molar-refractivity contribution in [3.63, 3.8) is 0 Å². The standard InChI is InChI=1S/C34H32.4C7H8/c1-19-13-15-21(16-14-19)28-22-9-7-11-24-29(22)32-30-23(28)10-8-12-25(30)34(5,6)27-18-20(2)17-26(31(27)32)33(24,3)4;4*1-7-5-3-2-4-6-7/h7,9,11-18H,8,10H2,1-6H3;4*2-6H,1H3. The van der Waals surface area contributed by atoms with Gasteiger partial charge in [-0.3, -0.25) is 0 Å². The molecular formula is C62H64. The molecule has 0 bridgehead atoms. The molecule has 312 valence electrons. The van der Waals surface area contributed by atoms with Crippen LogP contribution in [-0.4, -0.2) is 0 Å². The highest BCUT2D eigenvalue weighted by atomic mass is 14.5. The van der Waals surface area contributed by atoms with E-state index in [1.165, 1.54) is 88.7 Å². The van der Waals surface area contributed by atoms with Crippen molar-refractivity contribution in [2.24, 2.45) is 0 Å². The van der Waals surface area contributed by atoms with Gasteiger partial charge in [-0.25, -0.2) is 0 Å². The van der Waals surface area contributed by atoms with Crippen LogP contribution in [0.3, 0.4) is 0 Å². The maximum atomic E-state index is 2.55. The van der Waals surface area contributed by atoms with Gasteiger partial charge in [0.05, 0.1) is 0 Å². The molecule has 11 rings (SSSR count). The monoisotopic (exact) mass is 809 g/mol. The average molecular weight is 809 g/mol. The highest BCUT2D eigenvalue weighted by Crippen LogP contribution is 2.62. The van der Waals surface area contributed by atoms with Crippen LogP contribution in [0.2, 0.25) is 0 Å². The van der Waals surface area contributed by atoms with Gasteiger partial charge in [-0.1, -0.05) is 243 Å². The van der Waals surface area contributed by atoms with Crippen molar-refractivity contribution >= 4 is 16.3 Å². The minimum atomic E-state index is -0.0344. The maximum Gasteiger partial charge on any atom is 0.0159 e. The van der Waals surface area contributed by atoms with Gasteiger partial charge >= 0.3 is 0 Å². The summed E-state index contributed by atoms with van der Waals surface area (Å²) < 4.78 is 0.